The lowest BCUT2D eigenvalue weighted by Gasteiger charge is -2.33. The number of hydrogen-bond donors (Lipinski definition) is 1. The molecule has 1 atom stereocenters. The summed E-state index contributed by atoms with van der Waals surface area (Å²) in [6.45, 7) is 0.433. The summed E-state index contributed by atoms with van der Waals surface area (Å²) in [6, 6.07) is 7.39. The first kappa shape index (κ1) is 21.6. The lowest BCUT2D eigenvalue weighted by atomic mass is 10.1. The van der Waals surface area contributed by atoms with Crippen molar-refractivity contribution in [2.45, 2.75) is 25.0 Å². The minimum Gasteiger partial charge on any atom is -0.473 e. The van der Waals surface area contributed by atoms with Gasteiger partial charge in [0.1, 0.15) is 23.8 Å². The minimum absolute atomic E-state index is 0.174. The molecule has 0 saturated carbocycles. The number of pyridine rings is 2. The molecule has 1 unspecified atom stereocenters. The zero-order valence-corrected chi connectivity index (χ0v) is 16.9. The van der Waals surface area contributed by atoms with Crippen molar-refractivity contribution in [3.63, 3.8) is 0 Å². The molecule has 30 heavy (non-hydrogen) atoms. The van der Waals surface area contributed by atoms with Crippen molar-refractivity contribution < 1.29 is 23.2 Å². The average Bonchev–Trinajstić information content (AvgIpc) is 2.78. The van der Waals surface area contributed by atoms with Gasteiger partial charge in [0.2, 0.25) is 22.3 Å². The molecule has 3 rings (SSSR count). The van der Waals surface area contributed by atoms with Gasteiger partial charge < -0.3 is 4.74 Å². The van der Waals surface area contributed by atoms with E-state index >= 15 is 0 Å². The maximum atomic E-state index is 12.9. The van der Waals surface area contributed by atoms with Crippen LogP contribution in [0.5, 0.6) is 5.88 Å². The Morgan fingerprint density at radius 3 is 2.70 bits per heavy atom. The van der Waals surface area contributed by atoms with Gasteiger partial charge in [-0.1, -0.05) is 6.07 Å². The fourth-order valence-electron chi connectivity index (χ4n) is 3.23. The highest BCUT2D eigenvalue weighted by molar-refractivity contribution is 7.89. The Morgan fingerprint density at radius 1 is 1.33 bits per heavy atom. The number of carbonyl (C=O) groups excluding carboxylic acids is 1. The van der Waals surface area contributed by atoms with Gasteiger partial charge in [-0.25, -0.2) is 22.8 Å². The smallest absolute Gasteiger partial charge is 0.233 e. The van der Waals surface area contributed by atoms with Crippen molar-refractivity contribution >= 4 is 16.4 Å². The summed E-state index contributed by atoms with van der Waals surface area (Å²) in [4.78, 5) is 19.0. The molecule has 1 saturated heterocycles. The van der Waals surface area contributed by atoms with E-state index in [1.165, 1.54) is 22.9 Å². The Kier molecular flexibility index (Phi) is 6.94. The molecule has 1 aliphatic rings. The lowest BCUT2D eigenvalue weighted by Crippen LogP contribution is -2.44. The molecule has 0 aliphatic carbocycles. The van der Waals surface area contributed by atoms with Crippen molar-refractivity contribution in [3.8, 4) is 11.9 Å². The van der Waals surface area contributed by atoms with Crippen LogP contribution in [0.1, 0.15) is 30.0 Å². The van der Waals surface area contributed by atoms with Crippen LogP contribution in [0, 0.1) is 11.3 Å². The second-order valence-electron chi connectivity index (χ2n) is 6.75. The maximum absolute atomic E-state index is 12.9. The number of hydroxylamine groups is 2. The number of rotatable bonds is 8. The Hall–Kier alpha value is -3.07. The summed E-state index contributed by atoms with van der Waals surface area (Å²) >= 11 is 0. The van der Waals surface area contributed by atoms with Gasteiger partial charge in [0.25, 0.3) is 0 Å². The van der Waals surface area contributed by atoms with Gasteiger partial charge >= 0.3 is 0 Å². The minimum atomic E-state index is -3.77. The Balaban J connectivity index is 1.65. The van der Waals surface area contributed by atoms with Crippen LogP contribution in [0.4, 0.5) is 0 Å². The van der Waals surface area contributed by atoms with Gasteiger partial charge in [-0.15, -0.1) is 0 Å². The Morgan fingerprint density at radius 2 is 2.07 bits per heavy atom. The summed E-state index contributed by atoms with van der Waals surface area (Å²) in [5, 5.41) is 19.4. The average molecular weight is 431 g/mol. The predicted molar refractivity (Wildman–Crippen MR) is 105 cm³/mol. The van der Waals surface area contributed by atoms with Crippen LogP contribution < -0.4 is 4.74 Å². The third-order valence-corrected chi connectivity index (χ3v) is 6.72. The first-order chi connectivity index (χ1) is 14.4. The lowest BCUT2D eigenvalue weighted by molar-refractivity contribution is -0.159. The number of ether oxygens (including phenoxy) is 1. The SMILES string of the molecule is N#Cc1cccnc1OC1CCN(S(=O)(=O)CC(c2cccnc2)N(O)C=O)CC1. The number of amides is 1. The molecule has 0 aromatic carbocycles. The van der Waals surface area contributed by atoms with E-state index in [0.29, 0.717) is 29.0 Å². The summed E-state index contributed by atoms with van der Waals surface area (Å²) in [5.41, 5.74) is 0.733. The fourth-order valence-corrected chi connectivity index (χ4v) is 4.95. The predicted octanol–water partition coefficient (Wildman–Crippen LogP) is 1.11. The van der Waals surface area contributed by atoms with E-state index < -0.39 is 21.8 Å². The number of hydrogen-bond acceptors (Lipinski definition) is 8. The third kappa shape index (κ3) is 5.10. The standard InChI is InChI=1S/C19H21N5O5S/c20-11-15-3-2-8-22-19(15)29-17-5-9-23(10-6-17)30(27,28)13-18(24(26)14-25)16-4-1-7-21-12-16/h1-4,7-8,12,14,17-18,26H,5-6,9-10,13H2. The molecule has 1 aliphatic heterocycles. The highest BCUT2D eigenvalue weighted by Crippen LogP contribution is 2.25. The molecule has 2 aromatic rings. The first-order valence-corrected chi connectivity index (χ1v) is 10.9. The van der Waals surface area contributed by atoms with Crippen molar-refractivity contribution in [1.29, 1.82) is 5.26 Å². The van der Waals surface area contributed by atoms with Crippen LogP contribution >= 0.6 is 0 Å². The molecule has 0 spiro atoms. The number of nitrogens with zero attached hydrogens (tertiary/aromatic N) is 5. The highest BCUT2D eigenvalue weighted by Gasteiger charge is 2.33. The van der Waals surface area contributed by atoms with E-state index in [4.69, 9.17) is 10.00 Å². The van der Waals surface area contributed by atoms with Crippen molar-refractivity contribution in [2.24, 2.45) is 0 Å². The van der Waals surface area contributed by atoms with Crippen molar-refractivity contribution in [3.05, 3.63) is 54.0 Å². The van der Waals surface area contributed by atoms with Gasteiger partial charge in [0, 0.05) is 31.7 Å². The summed E-state index contributed by atoms with van der Waals surface area (Å²) in [6.07, 6.45) is 5.21. The van der Waals surface area contributed by atoms with Crippen LogP contribution in [-0.2, 0) is 14.8 Å². The first-order valence-electron chi connectivity index (χ1n) is 9.26. The topological polar surface area (TPSA) is 137 Å². The molecule has 10 nitrogen and oxygen atoms in total. The summed E-state index contributed by atoms with van der Waals surface area (Å²) in [5.74, 6) is -0.238. The van der Waals surface area contributed by atoms with Crippen LogP contribution in [-0.4, -0.2) is 64.3 Å². The van der Waals surface area contributed by atoms with Gasteiger partial charge in [-0.2, -0.15) is 5.26 Å². The molecule has 2 aromatic heterocycles. The third-order valence-electron chi connectivity index (χ3n) is 4.83. The zero-order chi connectivity index (χ0) is 21.6. The fraction of sp³-hybridized carbons (Fsp3) is 0.368. The number of piperidine rings is 1. The summed E-state index contributed by atoms with van der Waals surface area (Å²) in [7, 11) is -3.77. The molecule has 0 bridgehead atoms. The van der Waals surface area contributed by atoms with Gasteiger partial charge in [-0.3, -0.25) is 15.0 Å². The normalized spacial score (nSPS) is 16.4. The van der Waals surface area contributed by atoms with Crippen LogP contribution in [0.15, 0.2) is 42.9 Å². The van der Waals surface area contributed by atoms with Crippen molar-refractivity contribution in [1.82, 2.24) is 19.3 Å². The van der Waals surface area contributed by atoms with Crippen LogP contribution in [0.25, 0.3) is 0 Å². The molecular weight excluding hydrogens is 410 g/mol. The van der Waals surface area contributed by atoms with E-state index in [2.05, 4.69) is 9.97 Å². The van der Waals surface area contributed by atoms with E-state index in [1.807, 2.05) is 6.07 Å². The zero-order valence-electron chi connectivity index (χ0n) is 16.0. The molecule has 3 heterocycles. The number of nitriles is 1. The molecule has 0 radical (unpaired) electrons. The van der Waals surface area contributed by atoms with E-state index in [9.17, 15) is 18.4 Å². The molecule has 1 N–H and O–H groups in total. The largest absolute Gasteiger partial charge is 0.473 e. The number of sulfonamides is 1. The van der Waals surface area contributed by atoms with E-state index in [1.54, 1.807) is 24.3 Å². The van der Waals surface area contributed by atoms with E-state index in [0.717, 1.165) is 0 Å². The summed E-state index contributed by atoms with van der Waals surface area (Å²) < 4.78 is 32.9. The van der Waals surface area contributed by atoms with Crippen molar-refractivity contribution in [2.75, 3.05) is 18.8 Å². The van der Waals surface area contributed by atoms with Gasteiger partial charge in [-0.05, 0) is 36.6 Å². The second-order valence-corrected chi connectivity index (χ2v) is 8.76. The van der Waals surface area contributed by atoms with E-state index in [-0.39, 0.29) is 31.5 Å². The monoisotopic (exact) mass is 431 g/mol. The van der Waals surface area contributed by atoms with Gasteiger partial charge in [0.15, 0.2) is 0 Å². The molecule has 11 heteroatoms. The Bertz CT molecular complexity index is 1000. The highest BCUT2D eigenvalue weighted by atomic mass is 32.2. The van der Waals surface area contributed by atoms with Crippen LogP contribution in [0.3, 0.4) is 0 Å². The molecule has 158 valence electrons. The van der Waals surface area contributed by atoms with Gasteiger partial charge in [0.05, 0.1) is 5.75 Å². The number of carbonyl (C=O) groups is 1. The maximum Gasteiger partial charge on any atom is 0.233 e. The van der Waals surface area contributed by atoms with Crippen LogP contribution in [0.2, 0.25) is 0 Å². The number of aromatic nitrogens is 2. The quantitative estimate of drug-likeness (QED) is 0.373. The molecular formula is C19H21N5O5S. The Labute approximate surface area is 174 Å². The molecule has 1 fully saturated rings. The second kappa shape index (κ2) is 9.62. The molecule has 1 amide bonds.